The van der Waals surface area contributed by atoms with Crippen molar-refractivity contribution in [3.63, 3.8) is 0 Å². The summed E-state index contributed by atoms with van der Waals surface area (Å²) in [7, 11) is 0. The predicted molar refractivity (Wildman–Crippen MR) is 326 cm³/mol. The molecule has 78 heavy (non-hydrogen) atoms. The third kappa shape index (κ3) is 8.64. The number of fused-ring (bicyclic) bond motifs is 6. The summed E-state index contributed by atoms with van der Waals surface area (Å²) in [6, 6.07) is 74.9. The second kappa shape index (κ2) is 18.8. The monoisotopic (exact) mass is 1010 g/mol. The first-order chi connectivity index (χ1) is 37.7. The van der Waals surface area contributed by atoms with Crippen LogP contribution in [0.25, 0.3) is 123 Å². The standard InChI is InChI=1S/C72H60N6/c1-45-35-52(39-54(37-45)71(3,4)5)69-74-68(75-70(76-69)53-36-46(2)38-55(40-53)72(6,7)8)51-29-32-66(77-62-25-17-15-23-56(62)57-24-16-18-26-63(57)77)60(43-51)61-44-73-34-33-67(61)78-64-30-27-49(47-19-11-9-12-20-47)41-58(64)59-42-50(28-31-65(59)78)48-21-13-10-14-22-48/h9-44H,1-8H3. The van der Waals surface area contributed by atoms with Crippen molar-refractivity contribution < 1.29 is 0 Å². The highest BCUT2D eigenvalue weighted by Gasteiger charge is 2.25. The van der Waals surface area contributed by atoms with Crippen LogP contribution in [0.1, 0.15) is 63.8 Å². The van der Waals surface area contributed by atoms with Crippen LogP contribution in [-0.4, -0.2) is 29.1 Å². The fourth-order valence-electron chi connectivity index (χ4n) is 11.4. The van der Waals surface area contributed by atoms with Gasteiger partial charge in [0.05, 0.1) is 33.4 Å². The summed E-state index contributed by atoms with van der Waals surface area (Å²) in [5.74, 6) is 1.85. The minimum absolute atomic E-state index is 0.0820. The molecule has 13 aromatic rings. The fourth-order valence-corrected chi connectivity index (χ4v) is 11.4. The van der Waals surface area contributed by atoms with Crippen LogP contribution >= 0.6 is 0 Å². The van der Waals surface area contributed by atoms with E-state index in [4.69, 9.17) is 19.9 Å². The summed E-state index contributed by atoms with van der Waals surface area (Å²) in [4.78, 5) is 21.2. The van der Waals surface area contributed by atoms with Crippen molar-refractivity contribution in [2.24, 2.45) is 0 Å². The number of rotatable bonds is 8. The zero-order valence-electron chi connectivity index (χ0n) is 45.5. The molecule has 0 atom stereocenters. The second-order valence-electron chi connectivity index (χ2n) is 23.0. The Kier molecular flexibility index (Phi) is 11.7. The highest BCUT2D eigenvalue weighted by Crippen LogP contribution is 2.44. The van der Waals surface area contributed by atoms with Crippen LogP contribution in [0.2, 0.25) is 0 Å². The number of hydrogen-bond donors (Lipinski definition) is 0. The van der Waals surface area contributed by atoms with Crippen LogP contribution < -0.4 is 0 Å². The summed E-state index contributed by atoms with van der Waals surface area (Å²) in [5, 5.41) is 4.72. The SMILES string of the molecule is Cc1cc(-c2nc(-c3cc(C)cc(C(C)(C)C)c3)nc(-c3ccc(-n4c5ccccc5c5ccccc54)c(-c4cnccc4-n4c5ccc(-c6ccccc6)cc5c5cc(-c6ccccc6)ccc54)c3)n2)cc(C(C)(C)C)c1. The quantitative estimate of drug-likeness (QED) is 0.152. The molecular weight excluding hydrogens is 949 g/mol. The molecule has 4 heterocycles. The number of aryl methyl sites for hydroxylation is 2. The van der Waals surface area contributed by atoms with Gasteiger partial charge in [-0.25, -0.2) is 15.0 Å². The van der Waals surface area contributed by atoms with Gasteiger partial charge in [-0.2, -0.15) is 0 Å². The number of hydrogen-bond acceptors (Lipinski definition) is 4. The van der Waals surface area contributed by atoms with Gasteiger partial charge in [0.1, 0.15) is 0 Å². The lowest BCUT2D eigenvalue weighted by atomic mass is 9.85. The largest absolute Gasteiger partial charge is 0.309 e. The second-order valence-corrected chi connectivity index (χ2v) is 23.0. The summed E-state index contributed by atoms with van der Waals surface area (Å²) < 4.78 is 4.85. The number of benzene rings is 9. The van der Waals surface area contributed by atoms with Crippen LogP contribution in [0, 0.1) is 13.8 Å². The third-order valence-electron chi connectivity index (χ3n) is 15.4. The molecule has 6 heteroatoms. The number of pyridine rings is 1. The highest BCUT2D eigenvalue weighted by molar-refractivity contribution is 6.13. The molecule has 0 aliphatic carbocycles. The van der Waals surface area contributed by atoms with Crippen LogP contribution in [0.3, 0.4) is 0 Å². The molecule has 0 fully saturated rings. The molecule has 0 aliphatic heterocycles. The van der Waals surface area contributed by atoms with Gasteiger partial charge in [-0.15, -0.1) is 0 Å². The molecule has 0 spiro atoms. The fraction of sp³-hybridized carbons (Fsp3) is 0.139. The maximum atomic E-state index is 5.46. The molecule has 13 rings (SSSR count). The van der Waals surface area contributed by atoms with Gasteiger partial charge in [-0.3, -0.25) is 4.98 Å². The first-order valence-corrected chi connectivity index (χ1v) is 27.0. The Morgan fingerprint density at radius 2 is 0.744 bits per heavy atom. The average Bonchev–Trinajstić information content (AvgIpc) is 4.21. The Hall–Kier alpha value is -9.26. The maximum Gasteiger partial charge on any atom is 0.164 e. The molecule has 4 aromatic heterocycles. The third-order valence-corrected chi connectivity index (χ3v) is 15.4. The Bertz CT molecular complexity index is 4240. The van der Waals surface area contributed by atoms with E-state index in [0.717, 1.165) is 72.4 Å². The zero-order valence-corrected chi connectivity index (χ0v) is 45.5. The van der Waals surface area contributed by atoms with Gasteiger partial charge in [0.2, 0.25) is 0 Å². The van der Waals surface area contributed by atoms with Gasteiger partial charge < -0.3 is 9.13 Å². The van der Waals surface area contributed by atoms with Crippen molar-refractivity contribution in [2.45, 2.75) is 66.2 Å². The molecular formula is C72H60N6. The lowest BCUT2D eigenvalue weighted by Gasteiger charge is -2.21. The molecule has 0 radical (unpaired) electrons. The van der Waals surface area contributed by atoms with Crippen molar-refractivity contribution in [1.29, 1.82) is 0 Å². The van der Waals surface area contributed by atoms with Crippen molar-refractivity contribution >= 4 is 43.6 Å². The molecule has 0 bridgehead atoms. The Labute approximate surface area is 456 Å². The van der Waals surface area contributed by atoms with E-state index in [2.05, 4.69) is 271 Å². The normalized spacial score (nSPS) is 12.1. The highest BCUT2D eigenvalue weighted by atomic mass is 15.0. The van der Waals surface area contributed by atoms with Gasteiger partial charge >= 0.3 is 0 Å². The molecule has 0 N–H and O–H groups in total. The van der Waals surface area contributed by atoms with Crippen LogP contribution in [0.4, 0.5) is 0 Å². The topological polar surface area (TPSA) is 61.4 Å². The Morgan fingerprint density at radius 3 is 1.23 bits per heavy atom. The lowest BCUT2D eigenvalue weighted by molar-refractivity contribution is 0.589. The van der Waals surface area contributed by atoms with Gasteiger partial charge in [-0.05, 0) is 143 Å². The van der Waals surface area contributed by atoms with E-state index in [1.54, 1.807) is 0 Å². The average molecular weight is 1010 g/mol. The van der Waals surface area contributed by atoms with Crippen molar-refractivity contribution in [3.8, 4) is 78.9 Å². The minimum atomic E-state index is -0.0820. The summed E-state index contributed by atoms with van der Waals surface area (Å²) in [6.45, 7) is 17.9. The predicted octanol–water partition coefficient (Wildman–Crippen LogP) is 18.7. The van der Waals surface area contributed by atoms with Gasteiger partial charge in [0.25, 0.3) is 0 Å². The Morgan fingerprint density at radius 1 is 0.321 bits per heavy atom. The van der Waals surface area contributed by atoms with Crippen LogP contribution in [0.5, 0.6) is 0 Å². The van der Waals surface area contributed by atoms with Gasteiger partial charge in [0, 0.05) is 61.8 Å². The summed E-state index contributed by atoms with van der Waals surface area (Å²) >= 11 is 0. The number of para-hydroxylation sites is 2. The lowest BCUT2D eigenvalue weighted by Crippen LogP contribution is -2.12. The molecule has 9 aromatic carbocycles. The number of nitrogens with zero attached hydrogens (tertiary/aromatic N) is 6. The molecule has 0 saturated heterocycles. The van der Waals surface area contributed by atoms with Crippen molar-refractivity contribution in [3.05, 3.63) is 241 Å². The molecule has 0 unspecified atom stereocenters. The molecule has 6 nitrogen and oxygen atoms in total. The van der Waals surface area contributed by atoms with Gasteiger partial charge in [-0.1, -0.05) is 174 Å². The van der Waals surface area contributed by atoms with E-state index in [-0.39, 0.29) is 10.8 Å². The number of aromatic nitrogens is 6. The first kappa shape index (κ1) is 48.4. The smallest absolute Gasteiger partial charge is 0.164 e. The van der Waals surface area contributed by atoms with E-state index in [1.807, 2.05) is 12.4 Å². The minimum Gasteiger partial charge on any atom is -0.309 e. The van der Waals surface area contributed by atoms with Crippen LogP contribution in [0.15, 0.2) is 219 Å². The molecule has 0 amide bonds. The van der Waals surface area contributed by atoms with Gasteiger partial charge in [0.15, 0.2) is 17.5 Å². The van der Waals surface area contributed by atoms with E-state index >= 15 is 0 Å². The van der Waals surface area contributed by atoms with E-state index in [0.29, 0.717) is 17.5 Å². The molecule has 378 valence electrons. The molecule has 0 aliphatic rings. The van der Waals surface area contributed by atoms with Crippen molar-refractivity contribution in [2.75, 3.05) is 0 Å². The van der Waals surface area contributed by atoms with E-state index < -0.39 is 0 Å². The van der Waals surface area contributed by atoms with E-state index in [1.165, 1.54) is 54.9 Å². The summed E-state index contributed by atoms with van der Waals surface area (Å²) in [5.41, 5.74) is 20.5. The van der Waals surface area contributed by atoms with Crippen LogP contribution in [-0.2, 0) is 10.8 Å². The maximum absolute atomic E-state index is 5.46. The van der Waals surface area contributed by atoms with Crippen molar-refractivity contribution in [1.82, 2.24) is 29.1 Å². The summed E-state index contributed by atoms with van der Waals surface area (Å²) in [6.07, 6.45) is 3.95. The first-order valence-electron chi connectivity index (χ1n) is 27.0. The molecule has 0 saturated carbocycles. The Balaban J connectivity index is 1.10. The van der Waals surface area contributed by atoms with E-state index in [9.17, 15) is 0 Å². The zero-order chi connectivity index (χ0) is 53.5.